The van der Waals surface area contributed by atoms with Gasteiger partial charge in [0.15, 0.2) is 18.2 Å². The van der Waals surface area contributed by atoms with Crippen LogP contribution in [0.5, 0.6) is 0 Å². The highest BCUT2D eigenvalue weighted by Crippen LogP contribution is 2.24. The highest BCUT2D eigenvalue weighted by Gasteiger charge is 2.17. The Morgan fingerprint density at radius 1 is 1.04 bits per heavy atom. The predicted molar refractivity (Wildman–Crippen MR) is 81.8 cm³/mol. The summed E-state index contributed by atoms with van der Waals surface area (Å²) in [6.45, 7) is 0.189. The van der Waals surface area contributed by atoms with Crippen molar-refractivity contribution in [1.82, 2.24) is 0 Å². The third-order valence-corrected chi connectivity index (χ3v) is 3.35. The number of nitro benzene ring substituents is 1. The van der Waals surface area contributed by atoms with Gasteiger partial charge in [0.1, 0.15) is 5.76 Å². The lowest BCUT2D eigenvalue weighted by atomic mass is 10.1. The molecule has 3 aromatic rings. The summed E-state index contributed by atoms with van der Waals surface area (Å²) in [5, 5.41) is 10.7. The zero-order valence-corrected chi connectivity index (χ0v) is 14.0. The first-order chi connectivity index (χ1) is 11.1. The van der Waals surface area contributed by atoms with Crippen molar-refractivity contribution in [3.05, 3.63) is 82.9 Å². The normalized spacial score (nSPS) is 10.0. The van der Waals surface area contributed by atoms with Crippen LogP contribution in [0.4, 0.5) is 5.69 Å². The minimum absolute atomic E-state index is 0. The minimum atomic E-state index is -0.460. The van der Waals surface area contributed by atoms with E-state index in [2.05, 4.69) is 0 Å². The van der Waals surface area contributed by atoms with Gasteiger partial charge < -0.3 is 21.4 Å². The van der Waals surface area contributed by atoms with Gasteiger partial charge >= 0.3 is 0 Å². The molecule has 0 fully saturated rings. The van der Waals surface area contributed by atoms with E-state index in [1.165, 1.54) is 12.1 Å². The Morgan fingerprint density at radius 2 is 1.71 bits per heavy atom. The van der Waals surface area contributed by atoms with Gasteiger partial charge in [-0.05, 0) is 24.3 Å². The molecule has 0 aliphatic carbocycles. The summed E-state index contributed by atoms with van der Waals surface area (Å²) in [7, 11) is 0. The molecule has 6 nitrogen and oxygen atoms in total. The number of carbonyl (C=O) groups excluding carboxylic acids is 1. The molecule has 0 saturated heterocycles. The number of carbonyl (C=O) groups is 1. The standard InChI is InChI=1S/C17H13N2O4.BrH/c20-15(12-18-10-2-1-3-11-18)17-9-8-16(23-17)13-4-6-14(7-5-13)19(21)22;/h1-11H,12H2;1H/q+1;/p-1. The lowest BCUT2D eigenvalue weighted by molar-refractivity contribution is -0.683. The fourth-order valence-corrected chi connectivity index (χ4v) is 2.17. The average Bonchev–Trinajstić information content (AvgIpc) is 3.06. The molecule has 2 heterocycles. The summed E-state index contributed by atoms with van der Waals surface area (Å²) in [5.74, 6) is 0.616. The summed E-state index contributed by atoms with van der Waals surface area (Å²) in [6, 6.07) is 14.9. The second kappa shape index (κ2) is 7.65. The molecule has 2 aromatic heterocycles. The SMILES string of the molecule is O=C(C[n+]1ccccc1)c1ccc(-c2ccc([N+](=O)[O-])cc2)o1.[Br-]. The number of halogens is 1. The maximum Gasteiger partial charge on any atom is 0.269 e. The number of aromatic nitrogens is 1. The van der Waals surface area contributed by atoms with E-state index >= 15 is 0 Å². The van der Waals surface area contributed by atoms with Gasteiger partial charge in [0.2, 0.25) is 6.54 Å². The van der Waals surface area contributed by atoms with Gasteiger partial charge in [0.05, 0.1) is 4.92 Å². The van der Waals surface area contributed by atoms with Crippen LogP contribution in [0.3, 0.4) is 0 Å². The summed E-state index contributed by atoms with van der Waals surface area (Å²) in [5.41, 5.74) is 0.694. The topological polar surface area (TPSA) is 77.2 Å². The van der Waals surface area contributed by atoms with Gasteiger partial charge in [-0.25, -0.2) is 0 Å². The van der Waals surface area contributed by atoms with Gasteiger partial charge in [0, 0.05) is 29.8 Å². The van der Waals surface area contributed by atoms with E-state index in [-0.39, 0.29) is 40.8 Å². The molecule has 0 aliphatic heterocycles. The number of rotatable bonds is 5. The molecule has 3 rings (SSSR count). The molecule has 0 spiro atoms. The van der Waals surface area contributed by atoms with Crippen molar-refractivity contribution in [2.75, 3.05) is 0 Å². The van der Waals surface area contributed by atoms with Gasteiger partial charge in [-0.15, -0.1) is 0 Å². The van der Waals surface area contributed by atoms with Crippen molar-refractivity contribution >= 4 is 11.5 Å². The smallest absolute Gasteiger partial charge is 0.269 e. The number of nitro groups is 1. The molecule has 24 heavy (non-hydrogen) atoms. The Kier molecular flexibility index (Phi) is 5.59. The van der Waals surface area contributed by atoms with Crippen molar-refractivity contribution in [1.29, 1.82) is 0 Å². The molecule has 0 atom stereocenters. The molecule has 0 unspecified atom stereocenters. The first-order valence-corrected chi connectivity index (χ1v) is 6.95. The van der Waals surface area contributed by atoms with Gasteiger partial charge in [0.25, 0.3) is 11.5 Å². The van der Waals surface area contributed by atoms with Crippen molar-refractivity contribution in [3.63, 3.8) is 0 Å². The summed E-state index contributed by atoms with van der Waals surface area (Å²) >= 11 is 0. The number of pyridine rings is 1. The number of Topliss-reactive ketones (excluding diaryl/α,β-unsaturated/α-hetero) is 1. The van der Waals surface area contributed by atoms with E-state index in [9.17, 15) is 14.9 Å². The van der Waals surface area contributed by atoms with Crippen LogP contribution < -0.4 is 21.5 Å². The van der Waals surface area contributed by atoms with E-state index in [4.69, 9.17) is 4.42 Å². The van der Waals surface area contributed by atoms with Crippen molar-refractivity contribution < 1.29 is 35.7 Å². The molecule has 0 saturated carbocycles. The quantitative estimate of drug-likeness (QED) is 0.267. The number of nitrogens with zero attached hydrogens (tertiary/aromatic N) is 2. The zero-order chi connectivity index (χ0) is 16.2. The maximum absolute atomic E-state index is 12.2. The number of furan rings is 1. The van der Waals surface area contributed by atoms with E-state index in [1.54, 1.807) is 41.2 Å². The second-order valence-electron chi connectivity index (χ2n) is 4.94. The summed E-state index contributed by atoms with van der Waals surface area (Å²) < 4.78 is 7.33. The zero-order valence-electron chi connectivity index (χ0n) is 12.5. The average molecular weight is 389 g/mol. The van der Waals surface area contributed by atoms with Crippen LogP contribution >= 0.6 is 0 Å². The minimum Gasteiger partial charge on any atom is -1.00 e. The van der Waals surface area contributed by atoms with Crippen LogP contribution in [0, 0.1) is 10.1 Å². The molecule has 0 aliphatic rings. The molecule has 1 aromatic carbocycles. The lowest BCUT2D eigenvalue weighted by Crippen LogP contribution is -3.00. The van der Waals surface area contributed by atoms with Gasteiger partial charge in [-0.1, -0.05) is 6.07 Å². The number of ketones is 1. The molecular weight excluding hydrogens is 376 g/mol. The lowest BCUT2D eigenvalue weighted by Gasteiger charge is -1.97. The first-order valence-electron chi connectivity index (χ1n) is 6.95. The van der Waals surface area contributed by atoms with Crippen LogP contribution in [0.1, 0.15) is 10.6 Å². The third-order valence-electron chi connectivity index (χ3n) is 3.35. The highest BCUT2D eigenvalue weighted by molar-refractivity contribution is 5.92. The Labute approximate surface area is 148 Å². The fraction of sp³-hybridized carbons (Fsp3) is 0.0588. The highest BCUT2D eigenvalue weighted by atomic mass is 79.9. The second-order valence-corrected chi connectivity index (χ2v) is 4.94. The summed E-state index contributed by atoms with van der Waals surface area (Å²) in [6.07, 6.45) is 3.61. The molecule has 122 valence electrons. The van der Waals surface area contributed by atoms with E-state index in [0.29, 0.717) is 11.3 Å². The van der Waals surface area contributed by atoms with Crippen LogP contribution in [-0.4, -0.2) is 10.7 Å². The van der Waals surface area contributed by atoms with Crippen LogP contribution in [0.25, 0.3) is 11.3 Å². The molecule has 0 N–H and O–H groups in total. The molecule has 7 heteroatoms. The fourth-order valence-electron chi connectivity index (χ4n) is 2.17. The van der Waals surface area contributed by atoms with Crippen molar-refractivity contribution in [2.45, 2.75) is 6.54 Å². The predicted octanol–water partition coefficient (Wildman–Crippen LogP) is 0.0292. The van der Waals surface area contributed by atoms with Gasteiger partial charge in [-0.2, -0.15) is 4.57 Å². The number of hydrogen-bond donors (Lipinski definition) is 0. The van der Waals surface area contributed by atoms with Gasteiger partial charge in [-0.3, -0.25) is 14.9 Å². The Bertz CT molecular complexity index is 845. The monoisotopic (exact) mass is 388 g/mol. The molecule has 0 bridgehead atoms. The Balaban J connectivity index is 0.00000208. The largest absolute Gasteiger partial charge is 1.00 e. The number of hydrogen-bond acceptors (Lipinski definition) is 4. The molecule has 0 radical (unpaired) electrons. The molecular formula is C17H13BrN2O4. The maximum atomic E-state index is 12.2. The van der Waals surface area contributed by atoms with E-state index in [0.717, 1.165) is 0 Å². The first kappa shape index (κ1) is 17.6. The number of non-ortho nitro benzene ring substituents is 1. The Hall–Kier alpha value is -2.80. The number of benzene rings is 1. The Morgan fingerprint density at radius 3 is 2.33 bits per heavy atom. The molecule has 0 amide bonds. The van der Waals surface area contributed by atoms with E-state index in [1.807, 2.05) is 18.2 Å². The summed E-state index contributed by atoms with van der Waals surface area (Å²) in [4.78, 5) is 22.4. The van der Waals surface area contributed by atoms with Crippen molar-refractivity contribution in [3.8, 4) is 11.3 Å². The van der Waals surface area contributed by atoms with Crippen LogP contribution in [0.15, 0.2) is 71.4 Å². The third kappa shape index (κ3) is 3.94. The van der Waals surface area contributed by atoms with Crippen LogP contribution in [0.2, 0.25) is 0 Å². The van der Waals surface area contributed by atoms with Crippen LogP contribution in [-0.2, 0) is 6.54 Å². The van der Waals surface area contributed by atoms with E-state index < -0.39 is 4.92 Å². The van der Waals surface area contributed by atoms with Crippen molar-refractivity contribution in [2.24, 2.45) is 0 Å².